The van der Waals surface area contributed by atoms with E-state index >= 15 is 0 Å². The van der Waals surface area contributed by atoms with Gasteiger partial charge in [0.1, 0.15) is 11.5 Å². The molecule has 0 bridgehead atoms. The Morgan fingerprint density at radius 2 is 2.23 bits per heavy atom. The first kappa shape index (κ1) is 20.4. The van der Waals surface area contributed by atoms with Crippen molar-refractivity contribution in [2.45, 2.75) is 50.9 Å². The van der Waals surface area contributed by atoms with E-state index in [1.54, 1.807) is 17.9 Å². The molecule has 7 nitrogen and oxygen atoms in total. The number of carbonyl (C=O) groups is 1. The van der Waals surface area contributed by atoms with Gasteiger partial charge in [-0.3, -0.25) is 4.79 Å². The topological polar surface area (TPSA) is 101 Å². The number of benzene rings is 1. The number of aromatic amines is 1. The summed E-state index contributed by atoms with van der Waals surface area (Å²) in [6.07, 6.45) is 2.52. The molecule has 2 aliphatic rings. The highest BCUT2D eigenvalue weighted by atomic mass is 32.1. The summed E-state index contributed by atoms with van der Waals surface area (Å²) < 4.78 is 13.9. The number of thiazole rings is 1. The zero-order valence-corrected chi connectivity index (χ0v) is 18.1. The second-order valence-corrected chi connectivity index (χ2v) is 9.70. The summed E-state index contributed by atoms with van der Waals surface area (Å²) in [7, 11) is 0. The molecule has 3 heterocycles. The lowest BCUT2D eigenvalue weighted by Gasteiger charge is -2.36. The van der Waals surface area contributed by atoms with Crippen LogP contribution in [0.4, 0.5) is 9.52 Å². The van der Waals surface area contributed by atoms with Gasteiger partial charge in [0.25, 0.3) is 5.91 Å². The maximum atomic E-state index is 13.9. The molecule has 9 heteroatoms. The summed E-state index contributed by atoms with van der Waals surface area (Å²) in [5.41, 5.74) is 1.70. The average Bonchev–Trinajstić information content (AvgIpc) is 3.32. The van der Waals surface area contributed by atoms with Crippen LogP contribution in [0.5, 0.6) is 0 Å². The van der Waals surface area contributed by atoms with Gasteiger partial charge < -0.3 is 25.4 Å². The van der Waals surface area contributed by atoms with Gasteiger partial charge in [-0.2, -0.15) is 0 Å². The summed E-state index contributed by atoms with van der Waals surface area (Å²) in [6.45, 7) is 3.09. The molecule has 1 aliphatic heterocycles. The summed E-state index contributed by atoms with van der Waals surface area (Å²) in [5, 5.41) is 24.9. The molecule has 1 unspecified atom stereocenters. The third-order valence-electron chi connectivity index (χ3n) is 6.29. The van der Waals surface area contributed by atoms with Gasteiger partial charge in [-0.15, -0.1) is 0 Å². The van der Waals surface area contributed by atoms with E-state index in [1.807, 2.05) is 0 Å². The predicted octanol–water partition coefficient (Wildman–Crippen LogP) is 3.34. The molecule has 1 aliphatic carbocycles. The molecular weight excluding hydrogens is 419 g/mol. The van der Waals surface area contributed by atoms with Crippen LogP contribution in [0.15, 0.2) is 18.2 Å². The highest BCUT2D eigenvalue weighted by Crippen LogP contribution is 2.34. The fraction of sp³-hybridized carbons (Fsp3) is 0.455. The largest absolute Gasteiger partial charge is 0.389 e. The summed E-state index contributed by atoms with van der Waals surface area (Å²) in [5.74, 6) is -0.617. The number of aliphatic hydroxyl groups is 2. The number of halogens is 1. The first-order chi connectivity index (χ1) is 14.8. The molecule has 1 atom stereocenters. The minimum absolute atomic E-state index is 0.162. The molecule has 0 radical (unpaired) electrons. The number of fused-ring (bicyclic) bond motifs is 2. The second kappa shape index (κ2) is 7.58. The molecule has 0 saturated heterocycles. The van der Waals surface area contributed by atoms with E-state index in [0.717, 1.165) is 35.0 Å². The van der Waals surface area contributed by atoms with Crippen LogP contribution < -0.4 is 5.32 Å². The van der Waals surface area contributed by atoms with E-state index in [-0.39, 0.29) is 5.91 Å². The Morgan fingerprint density at radius 1 is 1.42 bits per heavy atom. The number of anilines is 1. The van der Waals surface area contributed by atoms with E-state index in [1.165, 1.54) is 23.5 Å². The van der Waals surface area contributed by atoms with Crippen molar-refractivity contribution in [2.24, 2.45) is 0 Å². The molecule has 3 aromatic rings. The molecule has 164 valence electrons. The minimum atomic E-state index is -0.837. The van der Waals surface area contributed by atoms with Gasteiger partial charge >= 0.3 is 0 Å². The van der Waals surface area contributed by atoms with Crippen LogP contribution in [-0.2, 0) is 13.0 Å². The fourth-order valence-electron chi connectivity index (χ4n) is 4.31. The lowest BCUT2D eigenvalue weighted by atomic mass is 9.80. The zero-order valence-electron chi connectivity index (χ0n) is 17.2. The van der Waals surface area contributed by atoms with Crippen molar-refractivity contribution < 1.29 is 19.4 Å². The number of nitrogens with one attached hydrogen (secondary N) is 2. The lowest BCUT2D eigenvalue weighted by molar-refractivity contribution is -0.0202. The van der Waals surface area contributed by atoms with Crippen LogP contribution in [0.25, 0.3) is 10.9 Å². The Kier molecular flexibility index (Phi) is 4.99. The SMILES string of the molecule is CC(O)c1cc(F)cc2[nH]c(C(=O)N3CCc4nc(NCC5(O)CCC5)sc4C3)cc12. The van der Waals surface area contributed by atoms with Crippen LogP contribution in [0.1, 0.15) is 58.9 Å². The number of nitrogens with zero attached hydrogens (tertiary/aromatic N) is 2. The van der Waals surface area contributed by atoms with Crippen LogP contribution in [0.3, 0.4) is 0 Å². The Morgan fingerprint density at radius 3 is 2.94 bits per heavy atom. The number of carbonyl (C=O) groups excluding carboxylic acids is 1. The highest BCUT2D eigenvalue weighted by Gasteiger charge is 2.34. The predicted molar refractivity (Wildman–Crippen MR) is 117 cm³/mol. The Hall–Kier alpha value is -2.49. The molecule has 1 aromatic carbocycles. The molecule has 31 heavy (non-hydrogen) atoms. The minimum Gasteiger partial charge on any atom is -0.389 e. The first-order valence-corrected chi connectivity index (χ1v) is 11.4. The molecule has 1 fully saturated rings. The van der Waals surface area contributed by atoms with Crippen molar-refractivity contribution >= 4 is 33.3 Å². The van der Waals surface area contributed by atoms with E-state index in [9.17, 15) is 19.4 Å². The summed E-state index contributed by atoms with van der Waals surface area (Å²) in [4.78, 5) is 23.6. The quantitative estimate of drug-likeness (QED) is 0.484. The maximum Gasteiger partial charge on any atom is 0.270 e. The molecule has 0 spiro atoms. The monoisotopic (exact) mass is 444 g/mol. The van der Waals surface area contributed by atoms with Crippen LogP contribution in [0, 0.1) is 5.82 Å². The number of H-pyrrole nitrogens is 1. The summed E-state index contributed by atoms with van der Waals surface area (Å²) in [6, 6.07) is 4.32. The van der Waals surface area contributed by atoms with Gasteiger partial charge in [0.15, 0.2) is 5.13 Å². The smallest absolute Gasteiger partial charge is 0.270 e. The van der Waals surface area contributed by atoms with Gasteiger partial charge in [0.05, 0.1) is 23.9 Å². The van der Waals surface area contributed by atoms with E-state index in [0.29, 0.717) is 48.2 Å². The Balaban J connectivity index is 1.33. The Bertz CT molecular complexity index is 1150. The molecule has 4 N–H and O–H groups in total. The number of aromatic nitrogens is 2. The second-order valence-electron chi connectivity index (χ2n) is 8.61. The number of amides is 1. The average molecular weight is 445 g/mol. The maximum absolute atomic E-state index is 13.9. The van der Waals surface area contributed by atoms with Crippen LogP contribution >= 0.6 is 11.3 Å². The number of aliphatic hydroxyl groups excluding tert-OH is 1. The normalized spacial score (nSPS) is 18.5. The van der Waals surface area contributed by atoms with E-state index in [2.05, 4.69) is 15.3 Å². The van der Waals surface area contributed by atoms with Crippen molar-refractivity contribution in [3.63, 3.8) is 0 Å². The number of rotatable bonds is 5. The third kappa shape index (κ3) is 3.81. The third-order valence-corrected chi connectivity index (χ3v) is 7.33. The molecule has 1 amide bonds. The van der Waals surface area contributed by atoms with Gasteiger partial charge in [0.2, 0.25) is 0 Å². The van der Waals surface area contributed by atoms with Crippen LogP contribution in [-0.4, -0.2) is 49.7 Å². The van der Waals surface area contributed by atoms with Crippen molar-refractivity contribution in [2.75, 3.05) is 18.4 Å². The summed E-state index contributed by atoms with van der Waals surface area (Å²) >= 11 is 1.52. The molecule has 1 saturated carbocycles. The van der Waals surface area contributed by atoms with Crippen molar-refractivity contribution in [1.82, 2.24) is 14.9 Å². The van der Waals surface area contributed by atoms with Crippen molar-refractivity contribution in [3.8, 4) is 0 Å². The van der Waals surface area contributed by atoms with Crippen molar-refractivity contribution in [3.05, 3.63) is 45.8 Å². The van der Waals surface area contributed by atoms with Crippen molar-refractivity contribution in [1.29, 1.82) is 0 Å². The first-order valence-electron chi connectivity index (χ1n) is 10.6. The number of hydrogen-bond donors (Lipinski definition) is 4. The highest BCUT2D eigenvalue weighted by molar-refractivity contribution is 7.15. The van der Waals surface area contributed by atoms with Gasteiger partial charge in [-0.1, -0.05) is 11.3 Å². The zero-order chi connectivity index (χ0) is 21.8. The van der Waals surface area contributed by atoms with Gasteiger partial charge in [0, 0.05) is 35.3 Å². The molecule has 5 rings (SSSR count). The fourth-order valence-corrected chi connectivity index (χ4v) is 5.33. The van der Waals surface area contributed by atoms with Gasteiger partial charge in [-0.05, 0) is 49.9 Å². The number of hydrogen-bond acceptors (Lipinski definition) is 6. The molecular formula is C22H25FN4O3S. The van der Waals surface area contributed by atoms with E-state index in [4.69, 9.17) is 0 Å². The van der Waals surface area contributed by atoms with Crippen LogP contribution in [0.2, 0.25) is 0 Å². The molecule has 2 aromatic heterocycles. The lowest BCUT2D eigenvalue weighted by Crippen LogP contribution is -2.43. The standard InChI is InChI=1S/C22H25FN4O3S/c1-12(28)14-7-13(23)8-17-15(14)9-18(25-17)20(29)27-6-3-16-19(10-27)31-21(26-16)24-11-22(30)4-2-5-22/h7-9,12,25,28,30H,2-6,10-11H2,1H3,(H,24,26). The van der Waals surface area contributed by atoms with E-state index < -0.39 is 17.5 Å². The van der Waals surface area contributed by atoms with Gasteiger partial charge in [-0.25, -0.2) is 9.37 Å². The Labute approximate surface area is 182 Å².